The van der Waals surface area contributed by atoms with Gasteiger partial charge in [-0.05, 0) is 36.4 Å². The number of rotatable bonds is 4. The summed E-state index contributed by atoms with van der Waals surface area (Å²) in [6.07, 6.45) is 0. The zero-order valence-corrected chi connectivity index (χ0v) is 16.2. The Morgan fingerprint density at radius 3 is 2.07 bits per heavy atom. The minimum absolute atomic E-state index is 0.273. The molecule has 140 valence electrons. The van der Waals surface area contributed by atoms with Crippen molar-refractivity contribution < 1.29 is 14.3 Å². The molecule has 0 saturated heterocycles. The van der Waals surface area contributed by atoms with E-state index >= 15 is 0 Å². The second-order valence-corrected chi connectivity index (χ2v) is 6.24. The number of methoxy groups -OCH3 is 2. The van der Waals surface area contributed by atoms with E-state index in [0.29, 0.717) is 27.8 Å². The number of nitrogens with one attached hydrogen (secondary N) is 1. The molecule has 1 amide bonds. The topological polar surface area (TPSA) is 47.6 Å². The van der Waals surface area contributed by atoms with Crippen LogP contribution in [0.1, 0.15) is 21.5 Å². The number of hydrogen-bond acceptors (Lipinski definition) is 3. The normalized spacial score (nSPS) is 9.82. The summed E-state index contributed by atoms with van der Waals surface area (Å²) in [5, 5.41) is 3.22. The summed E-state index contributed by atoms with van der Waals surface area (Å²) >= 11 is 6.09. The van der Waals surface area contributed by atoms with Crippen molar-refractivity contribution in [1.82, 2.24) is 0 Å². The quantitative estimate of drug-likeness (QED) is 0.636. The first-order chi connectivity index (χ1) is 13.6. The molecule has 4 nitrogen and oxygen atoms in total. The summed E-state index contributed by atoms with van der Waals surface area (Å²) in [5.74, 6) is 6.80. The van der Waals surface area contributed by atoms with Crippen molar-refractivity contribution >= 4 is 23.2 Å². The van der Waals surface area contributed by atoms with Gasteiger partial charge in [0.1, 0.15) is 11.5 Å². The molecule has 3 aromatic rings. The molecule has 0 heterocycles. The van der Waals surface area contributed by atoms with E-state index in [2.05, 4.69) is 17.2 Å². The van der Waals surface area contributed by atoms with Crippen LogP contribution >= 0.6 is 11.6 Å². The zero-order chi connectivity index (χ0) is 19.9. The molecule has 0 aliphatic rings. The number of halogens is 1. The van der Waals surface area contributed by atoms with Crippen LogP contribution in [-0.2, 0) is 0 Å². The van der Waals surface area contributed by atoms with Crippen LogP contribution < -0.4 is 14.8 Å². The van der Waals surface area contributed by atoms with Gasteiger partial charge < -0.3 is 14.8 Å². The fourth-order valence-electron chi connectivity index (χ4n) is 2.52. The van der Waals surface area contributed by atoms with Gasteiger partial charge in [-0.2, -0.15) is 0 Å². The smallest absolute Gasteiger partial charge is 0.255 e. The van der Waals surface area contributed by atoms with E-state index < -0.39 is 0 Å². The minimum atomic E-state index is -0.273. The molecule has 3 rings (SSSR count). The highest BCUT2D eigenvalue weighted by Crippen LogP contribution is 2.36. The summed E-state index contributed by atoms with van der Waals surface area (Å²) in [6, 6.07) is 20.0. The average Bonchev–Trinajstić information content (AvgIpc) is 2.74. The second kappa shape index (κ2) is 8.98. The van der Waals surface area contributed by atoms with Gasteiger partial charge in [0.15, 0.2) is 0 Å². The predicted octanol–water partition coefficient (Wildman–Crippen LogP) is 5.01. The van der Waals surface area contributed by atoms with Crippen molar-refractivity contribution in [3.63, 3.8) is 0 Å². The van der Waals surface area contributed by atoms with Gasteiger partial charge >= 0.3 is 0 Å². The molecule has 0 unspecified atom stereocenters. The number of amides is 1. The molecule has 0 fully saturated rings. The maximum atomic E-state index is 12.6. The van der Waals surface area contributed by atoms with E-state index in [0.717, 1.165) is 11.1 Å². The highest BCUT2D eigenvalue weighted by Gasteiger charge is 2.13. The number of benzene rings is 3. The SMILES string of the molecule is COc1cc(NC(=O)c2ccc(C#Cc3ccccc3)cc2)c(OC)cc1Cl. The monoisotopic (exact) mass is 391 g/mol. The molecule has 3 aromatic carbocycles. The molecule has 0 atom stereocenters. The van der Waals surface area contributed by atoms with Crippen molar-refractivity contribution in [2.24, 2.45) is 0 Å². The fourth-order valence-corrected chi connectivity index (χ4v) is 2.75. The summed E-state index contributed by atoms with van der Waals surface area (Å²) in [4.78, 5) is 12.6. The van der Waals surface area contributed by atoms with Gasteiger partial charge in [-0.15, -0.1) is 0 Å². The fraction of sp³-hybridized carbons (Fsp3) is 0.0870. The van der Waals surface area contributed by atoms with Crippen LogP contribution in [-0.4, -0.2) is 20.1 Å². The van der Waals surface area contributed by atoms with Crippen LogP contribution in [0.15, 0.2) is 66.7 Å². The summed E-state index contributed by atoms with van der Waals surface area (Å²) < 4.78 is 10.5. The number of hydrogen-bond donors (Lipinski definition) is 1. The van der Waals surface area contributed by atoms with Gasteiger partial charge in [0, 0.05) is 28.8 Å². The molecular formula is C23H18ClNO3. The molecular weight excluding hydrogens is 374 g/mol. The lowest BCUT2D eigenvalue weighted by Crippen LogP contribution is -2.12. The Morgan fingerprint density at radius 2 is 1.46 bits per heavy atom. The molecule has 28 heavy (non-hydrogen) atoms. The van der Waals surface area contributed by atoms with Gasteiger partial charge in [-0.25, -0.2) is 0 Å². The van der Waals surface area contributed by atoms with Gasteiger partial charge in [-0.3, -0.25) is 4.79 Å². The van der Waals surface area contributed by atoms with Crippen molar-refractivity contribution in [2.75, 3.05) is 19.5 Å². The Morgan fingerprint density at radius 1 is 0.857 bits per heavy atom. The zero-order valence-electron chi connectivity index (χ0n) is 15.5. The minimum Gasteiger partial charge on any atom is -0.495 e. The maximum Gasteiger partial charge on any atom is 0.255 e. The van der Waals surface area contributed by atoms with Crippen molar-refractivity contribution in [1.29, 1.82) is 0 Å². The van der Waals surface area contributed by atoms with Gasteiger partial charge in [0.05, 0.1) is 24.9 Å². The Balaban J connectivity index is 1.76. The third-order valence-electron chi connectivity index (χ3n) is 3.99. The van der Waals surface area contributed by atoms with Crippen molar-refractivity contribution in [2.45, 2.75) is 0 Å². The van der Waals surface area contributed by atoms with Crippen molar-refractivity contribution in [3.05, 3.63) is 88.4 Å². The number of carbonyl (C=O) groups excluding carboxylic acids is 1. The Hall–Kier alpha value is -3.42. The van der Waals surface area contributed by atoms with E-state index in [1.807, 2.05) is 42.5 Å². The number of carbonyl (C=O) groups is 1. The Bertz CT molecular complexity index is 1040. The standard InChI is InChI=1S/C23H18ClNO3/c1-27-21-15-20(22(28-2)14-19(21)24)25-23(26)18-12-10-17(11-13-18)9-8-16-6-4-3-5-7-16/h3-7,10-15H,1-2H3,(H,25,26). The first-order valence-corrected chi connectivity index (χ1v) is 8.88. The van der Waals surface area contributed by atoms with Gasteiger partial charge in [-0.1, -0.05) is 41.6 Å². The lowest BCUT2D eigenvalue weighted by molar-refractivity contribution is 0.102. The van der Waals surface area contributed by atoms with Gasteiger partial charge in [0.2, 0.25) is 0 Å². The molecule has 0 bridgehead atoms. The Kier molecular flexibility index (Phi) is 6.21. The van der Waals surface area contributed by atoms with E-state index in [4.69, 9.17) is 21.1 Å². The third-order valence-corrected chi connectivity index (χ3v) is 4.29. The Labute approximate surface area is 169 Å². The van der Waals surface area contributed by atoms with Crippen LogP contribution in [0.5, 0.6) is 11.5 Å². The lowest BCUT2D eigenvalue weighted by atomic mass is 10.1. The van der Waals surface area contributed by atoms with Crippen LogP contribution in [0.3, 0.4) is 0 Å². The molecule has 5 heteroatoms. The molecule has 0 aliphatic heterocycles. The first kappa shape index (κ1) is 19.3. The highest BCUT2D eigenvalue weighted by molar-refractivity contribution is 6.32. The molecule has 1 N–H and O–H groups in total. The van der Waals surface area contributed by atoms with Crippen LogP contribution in [0.25, 0.3) is 0 Å². The van der Waals surface area contributed by atoms with Gasteiger partial charge in [0.25, 0.3) is 5.91 Å². The first-order valence-electron chi connectivity index (χ1n) is 8.50. The highest BCUT2D eigenvalue weighted by atomic mass is 35.5. The van der Waals surface area contributed by atoms with Crippen LogP contribution in [0.2, 0.25) is 5.02 Å². The number of anilines is 1. The summed E-state index contributed by atoms with van der Waals surface area (Å²) in [6.45, 7) is 0. The summed E-state index contributed by atoms with van der Waals surface area (Å²) in [7, 11) is 3.02. The second-order valence-electron chi connectivity index (χ2n) is 5.83. The van der Waals surface area contributed by atoms with E-state index in [1.165, 1.54) is 14.2 Å². The molecule has 0 saturated carbocycles. The molecule has 0 radical (unpaired) electrons. The van der Waals surface area contributed by atoms with Crippen molar-refractivity contribution in [3.8, 4) is 23.3 Å². The van der Waals surface area contributed by atoms with Crippen LogP contribution in [0.4, 0.5) is 5.69 Å². The van der Waals surface area contributed by atoms with E-state index in [9.17, 15) is 4.79 Å². The number of ether oxygens (including phenoxy) is 2. The molecule has 0 aliphatic carbocycles. The average molecular weight is 392 g/mol. The van der Waals surface area contributed by atoms with E-state index in [-0.39, 0.29) is 5.91 Å². The molecule has 0 aromatic heterocycles. The lowest BCUT2D eigenvalue weighted by Gasteiger charge is -2.13. The third kappa shape index (κ3) is 4.64. The van der Waals surface area contributed by atoms with E-state index in [1.54, 1.807) is 24.3 Å². The maximum absolute atomic E-state index is 12.6. The van der Waals surface area contributed by atoms with Crippen LogP contribution in [0, 0.1) is 11.8 Å². The summed E-state index contributed by atoms with van der Waals surface area (Å²) in [5.41, 5.74) is 2.74. The largest absolute Gasteiger partial charge is 0.495 e. The predicted molar refractivity (Wildman–Crippen MR) is 111 cm³/mol. The molecule has 0 spiro atoms.